The number of carbonyl (C=O) groups excluding carboxylic acids is 1. The van der Waals surface area contributed by atoms with Gasteiger partial charge < -0.3 is 9.47 Å². The zero-order chi connectivity index (χ0) is 8.85. The number of carbonyl (C=O) groups is 1. The topological polar surface area (TPSA) is 35.5 Å². The molecule has 0 amide bonds. The van der Waals surface area contributed by atoms with Crippen LogP contribution >= 0.6 is 34.8 Å². The third-order valence-corrected chi connectivity index (χ3v) is 0.770. The molecule has 0 aliphatic carbocycles. The molecular weight excluding hydrogens is 214 g/mol. The van der Waals surface area contributed by atoms with Crippen molar-refractivity contribution in [1.29, 1.82) is 0 Å². The van der Waals surface area contributed by atoms with Gasteiger partial charge in [-0.1, -0.05) is 34.8 Å². The van der Waals surface area contributed by atoms with Crippen molar-refractivity contribution in [3.05, 3.63) is 10.8 Å². The minimum absolute atomic E-state index is 0.177. The molecule has 0 saturated heterocycles. The molecule has 0 N–H and O–H groups in total. The van der Waals surface area contributed by atoms with E-state index in [0.29, 0.717) is 0 Å². The lowest BCUT2D eigenvalue weighted by molar-refractivity contribution is 0.0783. The molecule has 0 aliphatic rings. The van der Waals surface area contributed by atoms with E-state index in [1.165, 1.54) is 6.92 Å². The average Bonchev–Trinajstić information content (AvgIpc) is 1.82. The van der Waals surface area contributed by atoms with E-state index < -0.39 is 11.7 Å². The van der Waals surface area contributed by atoms with Crippen LogP contribution in [0.3, 0.4) is 0 Å². The Labute approximate surface area is 78.8 Å². The highest BCUT2D eigenvalue weighted by molar-refractivity contribution is 6.55. The smallest absolute Gasteiger partial charge is 0.415 e. The molecule has 0 rings (SSSR count). The minimum Gasteiger partial charge on any atom is -0.415 e. The quantitative estimate of drug-likeness (QED) is 0.407. The van der Waals surface area contributed by atoms with Crippen molar-refractivity contribution < 1.29 is 14.3 Å². The van der Waals surface area contributed by atoms with Crippen LogP contribution in [-0.4, -0.2) is 11.7 Å². The lowest BCUT2D eigenvalue weighted by atomic mass is 10.9. The van der Waals surface area contributed by atoms with Gasteiger partial charge in [-0.15, -0.1) is 0 Å². The zero-order valence-electron chi connectivity index (χ0n) is 5.51. The third-order valence-electron chi connectivity index (χ3n) is 0.503. The van der Waals surface area contributed by atoms with Crippen LogP contribution in [0.25, 0.3) is 0 Å². The van der Waals surface area contributed by atoms with E-state index >= 15 is 0 Å². The molecule has 11 heavy (non-hydrogen) atoms. The van der Waals surface area contributed by atoms with Crippen molar-refractivity contribution in [1.82, 2.24) is 0 Å². The maximum atomic E-state index is 10.5. The standard InChI is InChI=1S/C5H5Cl3O3/c1-3(6)11-5(9)10-2-4(7)8/h2-3H,1H3. The van der Waals surface area contributed by atoms with Gasteiger partial charge in [-0.3, -0.25) is 0 Å². The Kier molecular flexibility index (Phi) is 5.46. The Morgan fingerprint density at radius 3 is 2.45 bits per heavy atom. The fourth-order valence-electron chi connectivity index (χ4n) is 0.253. The molecule has 0 bridgehead atoms. The zero-order valence-corrected chi connectivity index (χ0v) is 7.78. The normalized spacial score (nSPS) is 11.6. The fraction of sp³-hybridized carbons (Fsp3) is 0.400. The van der Waals surface area contributed by atoms with E-state index in [2.05, 4.69) is 9.47 Å². The van der Waals surface area contributed by atoms with E-state index in [9.17, 15) is 4.79 Å². The Morgan fingerprint density at radius 2 is 2.09 bits per heavy atom. The average molecular weight is 219 g/mol. The monoisotopic (exact) mass is 218 g/mol. The first-order valence-electron chi connectivity index (χ1n) is 2.55. The number of alkyl halides is 1. The molecule has 0 aromatic carbocycles. The first kappa shape index (κ1) is 10.9. The number of halogens is 3. The molecule has 0 aliphatic heterocycles. The second-order valence-electron chi connectivity index (χ2n) is 1.44. The second-order valence-corrected chi connectivity index (χ2v) is 3.06. The van der Waals surface area contributed by atoms with E-state index in [-0.39, 0.29) is 4.49 Å². The summed E-state index contributed by atoms with van der Waals surface area (Å²) in [5.41, 5.74) is -0.745. The molecule has 0 saturated carbocycles. The van der Waals surface area contributed by atoms with E-state index in [4.69, 9.17) is 34.8 Å². The minimum atomic E-state index is -0.953. The van der Waals surface area contributed by atoms with Gasteiger partial charge in [-0.25, -0.2) is 4.79 Å². The Bertz CT molecular complexity index is 162. The summed E-state index contributed by atoms with van der Waals surface area (Å²) < 4.78 is 8.41. The van der Waals surface area contributed by atoms with Gasteiger partial charge in [0.2, 0.25) is 0 Å². The first-order chi connectivity index (χ1) is 5.02. The summed E-state index contributed by atoms with van der Waals surface area (Å²) in [6, 6.07) is 0. The fourth-order valence-corrected chi connectivity index (χ4v) is 0.415. The highest BCUT2D eigenvalue weighted by atomic mass is 35.5. The van der Waals surface area contributed by atoms with Crippen LogP contribution in [0.2, 0.25) is 0 Å². The molecule has 0 fully saturated rings. The lowest BCUT2D eigenvalue weighted by Gasteiger charge is -2.02. The Hall–Kier alpha value is -0.120. The van der Waals surface area contributed by atoms with Crippen molar-refractivity contribution >= 4 is 41.0 Å². The van der Waals surface area contributed by atoms with E-state index in [1.54, 1.807) is 0 Å². The molecule has 0 spiro atoms. The molecule has 0 radical (unpaired) electrons. The van der Waals surface area contributed by atoms with Gasteiger partial charge >= 0.3 is 6.16 Å². The predicted molar refractivity (Wildman–Crippen MR) is 42.7 cm³/mol. The van der Waals surface area contributed by atoms with Crippen LogP contribution < -0.4 is 0 Å². The number of ether oxygens (including phenoxy) is 2. The van der Waals surface area contributed by atoms with Gasteiger partial charge in [-0.05, 0) is 6.92 Å². The van der Waals surface area contributed by atoms with Crippen molar-refractivity contribution in [2.24, 2.45) is 0 Å². The first-order valence-corrected chi connectivity index (χ1v) is 3.74. The molecule has 0 aromatic rings. The molecule has 0 aromatic heterocycles. The van der Waals surface area contributed by atoms with Gasteiger partial charge in [0.25, 0.3) is 0 Å². The summed E-state index contributed by atoms with van der Waals surface area (Å²) in [7, 11) is 0. The Balaban J connectivity index is 3.62. The molecule has 6 heteroatoms. The highest BCUT2D eigenvalue weighted by Crippen LogP contribution is 2.07. The van der Waals surface area contributed by atoms with Crippen LogP contribution in [0.4, 0.5) is 4.79 Å². The maximum Gasteiger partial charge on any atom is 0.514 e. The van der Waals surface area contributed by atoms with Crippen LogP contribution in [0.5, 0.6) is 0 Å². The summed E-state index contributed by atoms with van der Waals surface area (Å²) in [6.07, 6.45) is -0.114. The number of rotatable bonds is 2. The van der Waals surface area contributed by atoms with E-state index in [1.807, 2.05) is 0 Å². The SMILES string of the molecule is CC(Cl)OC(=O)OC=C(Cl)Cl. The molecule has 3 nitrogen and oxygen atoms in total. The van der Waals surface area contributed by atoms with Gasteiger partial charge in [-0.2, -0.15) is 0 Å². The molecule has 64 valence electrons. The predicted octanol–water partition coefficient (Wildman–Crippen LogP) is 3.00. The van der Waals surface area contributed by atoms with E-state index in [0.717, 1.165) is 6.26 Å². The summed E-state index contributed by atoms with van der Waals surface area (Å²) in [4.78, 5) is 10.5. The number of hydrogen-bond donors (Lipinski definition) is 0. The third kappa shape index (κ3) is 7.78. The maximum absolute atomic E-state index is 10.5. The highest BCUT2D eigenvalue weighted by Gasteiger charge is 2.05. The largest absolute Gasteiger partial charge is 0.514 e. The molecular formula is C5H5Cl3O3. The Morgan fingerprint density at radius 1 is 1.55 bits per heavy atom. The van der Waals surface area contributed by atoms with Crippen LogP contribution in [0, 0.1) is 0 Å². The summed E-state index contributed by atoms with van der Waals surface area (Å²) in [5, 5.41) is 0. The van der Waals surface area contributed by atoms with Crippen molar-refractivity contribution in [3.8, 4) is 0 Å². The molecule has 1 atom stereocenters. The molecule has 1 unspecified atom stereocenters. The van der Waals surface area contributed by atoms with Crippen molar-refractivity contribution in [3.63, 3.8) is 0 Å². The van der Waals surface area contributed by atoms with Gasteiger partial charge in [0.1, 0.15) is 10.8 Å². The van der Waals surface area contributed by atoms with Crippen molar-refractivity contribution in [2.75, 3.05) is 0 Å². The summed E-state index contributed by atoms with van der Waals surface area (Å²) in [5.74, 6) is 0. The van der Waals surface area contributed by atoms with Gasteiger partial charge in [0.15, 0.2) is 5.56 Å². The van der Waals surface area contributed by atoms with Crippen LogP contribution in [-0.2, 0) is 9.47 Å². The van der Waals surface area contributed by atoms with Gasteiger partial charge in [0.05, 0.1) is 0 Å². The second kappa shape index (κ2) is 5.52. The van der Waals surface area contributed by atoms with Crippen molar-refractivity contribution in [2.45, 2.75) is 12.5 Å². The summed E-state index contributed by atoms with van der Waals surface area (Å²) >= 11 is 15.5. The summed E-state index contributed by atoms with van der Waals surface area (Å²) in [6.45, 7) is 1.47. The van der Waals surface area contributed by atoms with Crippen LogP contribution in [0.15, 0.2) is 10.8 Å². The number of hydrogen-bond acceptors (Lipinski definition) is 3. The lowest BCUT2D eigenvalue weighted by Crippen LogP contribution is -2.08. The molecule has 0 heterocycles. The van der Waals surface area contributed by atoms with Crippen LogP contribution in [0.1, 0.15) is 6.92 Å². The van der Waals surface area contributed by atoms with Gasteiger partial charge in [0, 0.05) is 0 Å².